The van der Waals surface area contributed by atoms with Gasteiger partial charge in [0.05, 0.1) is 7.11 Å². The monoisotopic (exact) mass is 293 g/mol. The van der Waals surface area contributed by atoms with Crippen molar-refractivity contribution in [3.63, 3.8) is 0 Å². The average molecular weight is 294 g/mol. The maximum atomic E-state index is 5.34. The van der Waals surface area contributed by atoms with Crippen LogP contribution in [0.3, 0.4) is 0 Å². The molecule has 2 rings (SSSR count). The van der Waals surface area contributed by atoms with Crippen LogP contribution in [0.4, 0.5) is 5.82 Å². The summed E-state index contributed by atoms with van der Waals surface area (Å²) < 4.78 is 6.31. The van der Waals surface area contributed by atoms with Crippen LogP contribution in [0, 0.1) is 0 Å². The van der Waals surface area contributed by atoms with E-state index in [4.69, 9.17) is 4.74 Å². The van der Waals surface area contributed by atoms with E-state index < -0.39 is 0 Å². The number of anilines is 1. The fourth-order valence-corrected chi connectivity index (χ4v) is 1.94. The molecule has 0 aliphatic carbocycles. The first-order valence-electron chi connectivity index (χ1n) is 5.09. The smallest absolute Gasteiger partial charge is 0.152 e. The number of nitrogens with one attached hydrogen (secondary N) is 1. The van der Waals surface area contributed by atoms with Gasteiger partial charge in [0.2, 0.25) is 0 Å². The summed E-state index contributed by atoms with van der Waals surface area (Å²) in [6, 6.07) is 5.79. The van der Waals surface area contributed by atoms with Gasteiger partial charge in [0.15, 0.2) is 5.82 Å². The van der Waals surface area contributed by atoms with E-state index >= 15 is 0 Å². The first-order valence-corrected chi connectivity index (χ1v) is 5.88. The minimum absolute atomic E-state index is 0.726. The molecule has 0 bridgehead atoms. The Bertz CT molecular complexity index is 531. The van der Waals surface area contributed by atoms with Gasteiger partial charge in [-0.3, -0.25) is 4.98 Å². The van der Waals surface area contributed by atoms with Gasteiger partial charge >= 0.3 is 0 Å². The predicted molar refractivity (Wildman–Crippen MR) is 71.3 cm³/mol. The number of nitrogens with zero attached hydrogens (tertiary/aromatic N) is 2. The van der Waals surface area contributed by atoms with E-state index in [-0.39, 0.29) is 0 Å². The van der Waals surface area contributed by atoms with E-state index in [1.807, 2.05) is 25.2 Å². The summed E-state index contributed by atoms with van der Waals surface area (Å²) in [6.45, 7) is 0. The van der Waals surface area contributed by atoms with Crippen LogP contribution in [0.5, 0.6) is 5.75 Å². The van der Waals surface area contributed by atoms with Gasteiger partial charge in [-0.15, -0.1) is 0 Å². The molecule has 2 aromatic rings. The Balaban J connectivity index is 2.62. The van der Waals surface area contributed by atoms with E-state index in [0.29, 0.717) is 0 Å². The third-order valence-corrected chi connectivity index (χ3v) is 2.84. The second-order valence-electron chi connectivity index (χ2n) is 3.35. The van der Waals surface area contributed by atoms with Crippen molar-refractivity contribution in [2.24, 2.45) is 0 Å². The molecule has 4 nitrogen and oxygen atoms in total. The molecular formula is C12H12BrN3O. The van der Waals surface area contributed by atoms with Gasteiger partial charge in [0.25, 0.3) is 0 Å². The Kier molecular flexibility index (Phi) is 3.58. The highest BCUT2D eigenvalue weighted by atomic mass is 79.9. The van der Waals surface area contributed by atoms with Gasteiger partial charge in [-0.1, -0.05) is 15.9 Å². The van der Waals surface area contributed by atoms with Crippen LogP contribution in [-0.2, 0) is 0 Å². The van der Waals surface area contributed by atoms with Gasteiger partial charge in [-0.25, -0.2) is 4.98 Å². The molecule has 1 heterocycles. The van der Waals surface area contributed by atoms with Gasteiger partial charge in [0, 0.05) is 29.5 Å². The number of rotatable bonds is 3. The first-order chi connectivity index (χ1) is 8.26. The first kappa shape index (κ1) is 11.9. The molecule has 0 spiro atoms. The molecule has 0 aliphatic rings. The zero-order valence-electron chi connectivity index (χ0n) is 9.57. The number of ether oxygens (including phenoxy) is 1. The molecule has 1 N–H and O–H groups in total. The number of benzene rings is 1. The predicted octanol–water partition coefficient (Wildman–Crippen LogP) is 2.96. The van der Waals surface area contributed by atoms with Crippen molar-refractivity contribution >= 4 is 21.7 Å². The van der Waals surface area contributed by atoms with E-state index in [2.05, 4.69) is 31.2 Å². The van der Waals surface area contributed by atoms with Crippen molar-refractivity contribution in [2.75, 3.05) is 19.5 Å². The molecule has 0 saturated carbocycles. The minimum atomic E-state index is 0.726. The molecule has 0 aliphatic heterocycles. The van der Waals surface area contributed by atoms with Crippen molar-refractivity contribution in [3.05, 3.63) is 35.1 Å². The molecule has 0 unspecified atom stereocenters. The highest BCUT2D eigenvalue weighted by Crippen LogP contribution is 2.34. The van der Waals surface area contributed by atoms with Crippen LogP contribution in [-0.4, -0.2) is 24.1 Å². The summed E-state index contributed by atoms with van der Waals surface area (Å²) in [5, 5.41) is 3.02. The zero-order valence-corrected chi connectivity index (χ0v) is 11.2. The van der Waals surface area contributed by atoms with Crippen molar-refractivity contribution < 1.29 is 4.74 Å². The fourth-order valence-electron chi connectivity index (χ4n) is 1.58. The molecule has 5 heteroatoms. The fraction of sp³-hybridized carbons (Fsp3) is 0.167. The molecule has 0 saturated heterocycles. The Morgan fingerprint density at radius 3 is 2.71 bits per heavy atom. The van der Waals surface area contributed by atoms with E-state index in [9.17, 15) is 0 Å². The number of halogens is 1. The van der Waals surface area contributed by atoms with Gasteiger partial charge < -0.3 is 10.1 Å². The lowest BCUT2D eigenvalue weighted by Crippen LogP contribution is -1.98. The summed E-state index contributed by atoms with van der Waals surface area (Å²) in [4.78, 5) is 8.58. The SMILES string of the molecule is CNc1nccnc1-c1cc(Br)ccc1OC. The van der Waals surface area contributed by atoms with Crippen molar-refractivity contribution in [1.29, 1.82) is 0 Å². The number of aromatic nitrogens is 2. The van der Waals surface area contributed by atoms with Crippen molar-refractivity contribution in [2.45, 2.75) is 0 Å². The average Bonchev–Trinajstić information content (AvgIpc) is 2.38. The summed E-state index contributed by atoms with van der Waals surface area (Å²) in [5.74, 6) is 1.49. The molecule has 17 heavy (non-hydrogen) atoms. The molecule has 0 fully saturated rings. The summed E-state index contributed by atoms with van der Waals surface area (Å²) in [7, 11) is 3.46. The van der Waals surface area contributed by atoms with Crippen LogP contribution < -0.4 is 10.1 Å². The molecule has 1 aromatic carbocycles. The minimum Gasteiger partial charge on any atom is -0.496 e. The molecule has 0 radical (unpaired) electrons. The Hall–Kier alpha value is -1.62. The third kappa shape index (κ3) is 2.39. The number of hydrogen-bond donors (Lipinski definition) is 1. The highest BCUT2D eigenvalue weighted by molar-refractivity contribution is 9.10. The van der Waals surface area contributed by atoms with Crippen LogP contribution in [0.25, 0.3) is 11.3 Å². The molecule has 88 valence electrons. The summed E-state index contributed by atoms with van der Waals surface area (Å²) >= 11 is 3.45. The normalized spacial score (nSPS) is 10.1. The van der Waals surface area contributed by atoms with Gasteiger partial charge in [-0.05, 0) is 18.2 Å². The third-order valence-electron chi connectivity index (χ3n) is 2.35. The maximum Gasteiger partial charge on any atom is 0.152 e. The van der Waals surface area contributed by atoms with Crippen LogP contribution >= 0.6 is 15.9 Å². The Labute approximate surface area is 108 Å². The van der Waals surface area contributed by atoms with Crippen LogP contribution in [0.15, 0.2) is 35.1 Å². The maximum absolute atomic E-state index is 5.34. The summed E-state index contributed by atoms with van der Waals surface area (Å²) in [6.07, 6.45) is 3.32. The molecular weight excluding hydrogens is 282 g/mol. The van der Waals surface area contributed by atoms with E-state index in [1.165, 1.54) is 0 Å². The Morgan fingerprint density at radius 2 is 2.00 bits per heavy atom. The molecule has 0 amide bonds. The standard InChI is InChI=1S/C12H12BrN3O/c1-14-12-11(15-5-6-16-12)9-7-8(13)3-4-10(9)17-2/h3-7H,1-2H3,(H,14,16). The van der Waals surface area contributed by atoms with Gasteiger partial charge in [0.1, 0.15) is 11.4 Å². The van der Waals surface area contributed by atoms with Crippen molar-refractivity contribution in [1.82, 2.24) is 9.97 Å². The van der Waals surface area contributed by atoms with Crippen LogP contribution in [0.1, 0.15) is 0 Å². The van der Waals surface area contributed by atoms with E-state index in [1.54, 1.807) is 19.5 Å². The lowest BCUT2D eigenvalue weighted by molar-refractivity contribution is 0.416. The molecule has 1 aromatic heterocycles. The van der Waals surface area contributed by atoms with E-state index in [0.717, 1.165) is 27.3 Å². The zero-order chi connectivity index (χ0) is 12.3. The molecule has 0 atom stereocenters. The number of hydrogen-bond acceptors (Lipinski definition) is 4. The van der Waals surface area contributed by atoms with Crippen LogP contribution in [0.2, 0.25) is 0 Å². The lowest BCUT2D eigenvalue weighted by atomic mass is 10.1. The van der Waals surface area contributed by atoms with Crippen molar-refractivity contribution in [3.8, 4) is 17.0 Å². The second kappa shape index (κ2) is 5.14. The quantitative estimate of drug-likeness (QED) is 0.945. The second-order valence-corrected chi connectivity index (χ2v) is 4.26. The summed E-state index contributed by atoms with van der Waals surface area (Å²) in [5.41, 5.74) is 1.67. The largest absolute Gasteiger partial charge is 0.496 e. The highest BCUT2D eigenvalue weighted by Gasteiger charge is 2.12. The number of methoxy groups -OCH3 is 1. The van der Waals surface area contributed by atoms with Gasteiger partial charge in [-0.2, -0.15) is 0 Å². The lowest BCUT2D eigenvalue weighted by Gasteiger charge is -2.11. The topological polar surface area (TPSA) is 47.0 Å². The Morgan fingerprint density at radius 1 is 1.24 bits per heavy atom.